The average molecular weight is 478 g/mol. The molecule has 2 aromatic rings. The molecule has 1 saturated heterocycles. The summed E-state index contributed by atoms with van der Waals surface area (Å²) >= 11 is 13.1. The summed E-state index contributed by atoms with van der Waals surface area (Å²) in [5, 5.41) is 4.90. The lowest BCUT2D eigenvalue weighted by Crippen LogP contribution is -2.47. The van der Waals surface area contributed by atoms with Crippen molar-refractivity contribution in [1.29, 1.82) is 0 Å². The lowest BCUT2D eigenvalue weighted by Gasteiger charge is -2.38. The van der Waals surface area contributed by atoms with E-state index < -0.39 is 10.0 Å². The lowest BCUT2D eigenvalue weighted by molar-refractivity contribution is 0.222. The molecule has 3 unspecified atom stereocenters. The summed E-state index contributed by atoms with van der Waals surface area (Å²) in [6.45, 7) is 2.54. The Kier molecular flexibility index (Phi) is 5.55. The van der Waals surface area contributed by atoms with Crippen LogP contribution in [0.1, 0.15) is 29.5 Å². The van der Waals surface area contributed by atoms with E-state index >= 15 is 0 Å². The topological polar surface area (TPSA) is 52.7 Å². The maximum atomic E-state index is 13.3. The van der Waals surface area contributed by atoms with E-state index in [1.54, 1.807) is 10.4 Å². The van der Waals surface area contributed by atoms with Gasteiger partial charge in [0.15, 0.2) is 0 Å². The van der Waals surface area contributed by atoms with Gasteiger partial charge in [0.25, 0.3) is 0 Å². The Morgan fingerprint density at radius 1 is 1.03 bits per heavy atom. The van der Waals surface area contributed by atoms with Crippen LogP contribution >= 0.6 is 23.2 Å². The van der Waals surface area contributed by atoms with E-state index in [1.807, 2.05) is 37.4 Å². The molecule has 0 amide bonds. The first-order chi connectivity index (χ1) is 14.9. The van der Waals surface area contributed by atoms with Gasteiger partial charge in [-0.05, 0) is 55.3 Å². The molecule has 8 heteroatoms. The van der Waals surface area contributed by atoms with Crippen molar-refractivity contribution in [1.82, 2.24) is 9.21 Å². The van der Waals surface area contributed by atoms with Crippen LogP contribution in [0.3, 0.4) is 0 Å². The van der Waals surface area contributed by atoms with Gasteiger partial charge in [-0.1, -0.05) is 41.4 Å². The number of rotatable bonds is 3. The molecular weight excluding hydrogens is 453 g/mol. The second-order valence-electron chi connectivity index (χ2n) is 8.57. The van der Waals surface area contributed by atoms with E-state index in [2.05, 4.69) is 22.4 Å². The number of anilines is 1. The van der Waals surface area contributed by atoms with Gasteiger partial charge in [0, 0.05) is 53.4 Å². The highest BCUT2D eigenvalue weighted by Crippen LogP contribution is 2.52. The molecule has 3 atom stereocenters. The van der Waals surface area contributed by atoms with E-state index in [1.165, 1.54) is 0 Å². The summed E-state index contributed by atoms with van der Waals surface area (Å²) in [7, 11) is -1.50. The summed E-state index contributed by atoms with van der Waals surface area (Å²) in [5.74, 6) is 0.350. The van der Waals surface area contributed by atoms with Gasteiger partial charge < -0.3 is 10.2 Å². The number of halogens is 2. The minimum Gasteiger partial charge on any atom is -0.378 e. The second kappa shape index (κ2) is 8.09. The standard InChI is InChI=1S/C23H25Cl2N3O2S/c1-27-10-12-28(13-11-27)31(29,30)15-8-9-21-18(14-15)16-4-2-5-17(16)23(26-21)22-19(24)6-3-7-20(22)25/h2-4,6-9,14,16-17,23,26H,5,10-13H2,1H3. The van der Waals surface area contributed by atoms with Gasteiger partial charge in [-0.25, -0.2) is 8.42 Å². The number of benzene rings is 2. The Labute approximate surface area is 193 Å². The zero-order valence-electron chi connectivity index (χ0n) is 17.3. The Morgan fingerprint density at radius 3 is 2.45 bits per heavy atom. The average Bonchev–Trinajstić information content (AvgIpc) is 3.24. The third-order valence-corrected chi connectivity index (χ3v) is 9.30. The molecule has 5 nitrogen and oxygen atoms in total. The van der Waals surface area contributed by atoms with Crippen LogP contribution in [-0.4, -0.2) is 50.8 Å². The molecule has 1 aliphatic carbocycles. The van der Waals surface area contributed by atoms with Gasteiger partial charge in [0.2, 0.25) is 10.0 Å². The second-order valence-corrected chi connectivity index (χ2v) is 11.3. The summed E-state index contributed by atoms with van der Waals surface area (Å²) in [6.07, 6.45) is 5.25. The molecule has 1 fully saturated rings. The highest BCUT2D eigenvalue weighted by molar-refractivity contribution is 7.89. The van der Waals surface area contributed by atoms with Crippen molar-refractivity contribution < 1.29 is 8.42 Å². The predicted molar refractivity (Wildman–Crippen MR) is 126 cm³/mol. The first kappa shape index (κ1) is 21.3. The van der Waals surface area contributed by atoms with Gasteiger partial charge in [0.1, 0.15) is 0 Å². The van der Waals surface area contributed by atoms with E-state index in [9.17, 15) is 8.42 Å². The number of hydrogen-bond donors (Lipinski definition) is 1. The summed E-state index contributed by atoms with van der Waals surface area (Å²) in [5.41, 5.74) is 2.86. The lowest BCUT2D eigenvalue weighted by atomic mass is 9.77. The highest BCUT2D eigenvalue weighted by atomic mass is 35.5. The fourth-order valence-electron chi connectivity index (χ4n) is 5.00. The molecule has 0 bridgehead atoms. The van der Waals surface area contributed by atoms with E-state index in [4.69, 9.17) is 23.2 Å². The number of piperazine rings is 1. The van der Waals surface area contributed by atoms with E-state index in [0.717, 1.165) is 36.3 Å². The van der Waals surface area contributed by atoms with Crippen LogP contribution in [0, 0.1) is 5.92 Å². The van der Waals surface area contributed by atoms with Crippen LogP contribution in [0.15, 0.2) is 53.4 Å². The van der Waals surface area contributed by atoms with Crippen molar-refractivity contribution in [2.75, 3.05) is 38.5 Å². The van der Waals surface area contributed by atoms with E-state index in [0.29, 0.717) is 28.0 Å². The number of likely N-dealkylation sites (N-methyl/N-ethyl adjacent to an activating group) is 1. The van der Waals surface area contributed by atoms with Crippen LogP contribution in [-0.2, 0) is 10.0 Å². The van der Waals surface area contributed by atoms with Crippen LogP contribution < -0.4 is 5.32 Å². The van der Waals surface area contributed by atoms with Crippen LogP contribution in [0.25, 0.3) is 0 Å². The molecule has 164 valence electrons. The summed E-state index contributed by atoms with van der Waals surface area (Å²) in [6, 6.07) is 11.0. The number of nitrogens with one attached hydrogen (secondary N) is 1. The quantitative estimate of drug-likeness (QED) is 0.647. The van der Waals surface area contributed by atoms with Gasteiger partial charge >= 0.3 is 0 Å². The molecule has 5 rings (SSSR count). The number of fused-ring (bicyclic) bond motifs is 3. The summed E-state index contributed by atoms with van der Waals surface area (Å²) in [4.78, 5) is 2.52. The van der Waals surface area contributed by atoms with Crippen LogP contribution in [0.5, 0.6) is 0 Å². The van der Waals surface area contributed by atoms with Crippen molar-refractivity contribution in [3.05, 3.63) is 69.7 Å². The van der Waals surface area contributed by atoms with Gasteiger partial charge in [-0.2, -0.15) is 4.31 Å². The third kappa shape index (κ3) is 3.68. The largest absolute Gasteiger partial charge is 0.378 e. The smallest absolute Gasteiger partial charge is 0.243 e. The fourth-order valence-corrected chi connectivity index (χ4v) is 7.09. The number of nitrogens with zero attached hydrogens (tertiary/aromatic N) is 2. The first-order valence-electron chi connectivity index (χ1n) is 10.6. The zero-order chi connectivity index (χ0) is 21.8. The zero-order valence-corrected chi connectivity index (χ0v) is 19.6. The molecule has 0 saturated carbocycles. The molecule has 31 heavy (non-hydrogen) atoms. The van der Waals surface area contributed by atoms with Crippen LogP contribution in [0.4, 0.5) is 5.69 Å². The maximum absolute atomic E-state index is 13.3. The van der Waals surface area contributed by atoms with Gasteiger partial charge in [-0.3, -0.25) is 0 Å². The molecule has 2 heterocycles. The minimum absolute atomic E-state index is 0.0335. The molecular formula is C23H25Cl2N3O2S. The SMILES string of the molecule is CN1CCN(S(=O)(=O)c2ccc3c(c2)C2C=CCC2C(c2c(Cl)cccc2Cl)N3)CC1. The third-order valence-electron chi connectivity index (χ3n) is 6.74. The highest BCUT2D eigenvalue weighted by Gasteiger charge is 2.40. The first-order valence-corrected chi connectivity index (χ1v) is 12.8. The molecule has 2 aromatic carbocycles. The Balaban J connectivity index is 1.52. The predicted octanol–water partition coefficient (Wildman–Crippen LogP) is 4.76. The van der Waals surface area contributed by atoms with Crippen molar-refractivity contribution in [3.63, 3.8) is 0 Å². The van der Waals surface area contributed by atoms with Crippen molar-refractivity contribution in [2.45, 2.75) is 23.3 Å². The van der Waals surface area contributed by atoms with Gasteiger partial charge in [0.05, 0.1) is 10.9 Å². The minimum atomic E-state index is -3.51. The van der Waals surface area contributed by atoms with E-state index in [-0.39, 0.29) is 17.9 Å². The fraction of sp³-hybridized carbons (Fsp3) is 0.391. The van der Waals surface area contributed by atoms with Gasteiger partial charge in [-0.15, -0.1) is 0 Å². The molecule has 0 aromatic heterocycles. The van der Waals surface area contributed by atoms with Crippen LogP contribution in [0.2, 0.25) is 10.0 Å². The Hall–Kier alpha value is -1.57. The molecule has 1 N–H and O–H groups in total. The maximum Gasteiger partial charge on any atom is 0.243 e. The molecule has 2 aliphatic heterocycles. The van der Waals surface area contributed by atoms with Crippen molar-refractivity contribution >= 4 is 38.9 Å². The normalized spacial score (nSPS) is 26.4. The monoisotopic (exact) mass is 477 g/mol. The molecule has 0 radical (unpaired) electrons. The van der Waals surface area contributed by atoms with Crippen molar-refractivity contribution in [3.8, 4) is 0 Å². The number of sulfonamides is 1. The molecule has 3 aliphatic rings. The summed E-state index contributed by atoms with van der Waals surface area (Å²) < 4.78 is 28.2. The Bertz CT molecular complexity index is 1120. The Morgan fingerprint density at radius 2 is 1.74 bits per heavy atom. The molecule has 0 spiro atoms. The number of hydrogen-bond acceptors (Lipinski definition) is 4. The van der Waals surface area contributed by atoms with Crippen molar-refractivity contribution in [2.24, 2.45) is 5.92 Å². The number of allylic oxidation sites excluding steroid dienone is 2.